The van der Waals surface area contributed by atoms with Crippen LogP contribution in [0.1, 0.15) is 27.0 Å². The molecule has 38 heavy (non-hydrogen) atoms. The Morgan fingerprint density at radius 1 is 0.842 bits per heavy atom. The number of nitrogens with zero attached hydrogens (tertiary/aromatic N) is 3. The molecule has 0 saturated carbocycles. The van der Waals surface area contributed by atoms with E-state index < -0.39 is 0 Å². The minimum atomic E-state index is -0.350. The number of carbonyl (C=O) groups is 3. The summed E-state index contributed by atoms with van der Waals surface area (Å²) in [6, 6.07) is 22.1. The number of carbonyl (C=O) groups excluding carboxylic acids is 3. The van der Waals surface area contributed by atoms with Crippen LogP contribution in [0.2, 0.25) is 10.0 Å². The maximum atomic E-state index is 13.1. The molecule has 0 bridgehead atoms. The number of imide groups is 1. The maximum absolute atomic E-state index is 13.1. The van der Waals surface area contributed by atoms with Crippen molar-refractivity contribution >= 4 is 58.1 Å². The highest BCUT2D eigenvalue weighted by atomic mass is 35.5. The average molecular weight is 567 g/mol. The summed E-state index contributed by atoms with van der Waals surface area (Å²) in [5.74, 6) is -0.362. The van der Waals surface area contributed by atoms with Gasteiger partial charge >= 0.3 is 0 Å². The van der Waals surface area contributed by atoms with E-state index in [-0.39, 0.29) is 23.6 Å². The van der Waals surface area contributed by atoms with Gasteiger partial charge in [0.25, 0.3) is 17.1 Å². The Morgan fingerprint density at radius 3 is 2.21 bits per heavy atom. The zero-order valence-electron chi connectivity index (χ0n) is 20.5. The van der Waals surface area contributed by atoms with Crippen LogP contribution in [0.4, 0.5) is 4.79 Å². The SMILES string of the molecule is O=C(c1ccc(C=C2SC(=O)N(Cc3ccccc3Cl)C2=O)cc1)N1CCN(Cc2ccc(Cl)cc2)CC1. The van der Waals surface area contributed by atoms with Gasteiger partial charge < -0.3 is 4.90 Å². The van der Waals surface area contributed by atoms with Crippen LogP contribution < -0.4 is 0 Å². The van der Waals surface area contributed by atoms with Crippen molar-refractivity contribution in [3.05, 3.63) is 110 Å². The Balaban J connectivity index is 1.17. The normalized spacial score (nSPS) is 17.5. The summed E-state index contributed by atoms with van der Waals surface area (Å²) >= 11 is 13.1. The molecule has 0 radical (unpaired) electrons. The predicted molar refractivity (Wildman–Crippen MR) is 152 cm³/mol. The van der Waals surface area contributed by atoms with Gasteiger partial charge in [-0.3, -0.25) is 24.2 Å². The lowest BCUT2D eigenvalue weighted by atomic mass is 10.1. The van der Waals surface area contributed by atoms with E-state index >= 15 is 0 Å². The van der Waals surface area contributed by atoms with Gasteiger partial charge in [0.1, 0.15) is 0 Å². The molecule has 3 amide bonds. The fourth-order valence-corrected chi connectivity index (χ4v) is 5.61. The molecule has 0 spiro atoms. The molecule has 2 saturated heterocycles. The first-order valence-corrected chi connectivity index (χ1v) is 13.8. The molecule has 5 rings (SSSR count). The second kappa shape index (κ2) is 11.7. The lowest BCUT2D eigenvalue weighted by Gasteiger charge is -2.34. The Kier molecular flexibility index (Phi) is 8.19. The first-order chi connectivity index (χ1) is 18.4. The van der Waals surface area contributed by atoms with Crippen molar-refractivity contribution in [1.29, 1.82) is 0 Å². The molecule has 2 fully saturated rings. The van der Waals surface area contributed by atoms with Crippen LogP contribution in [-0.4, -0.2) is 57.9 Å². The molecule has 0 unspecified atom stereocenters. The number of hydrogen-bond donors (Lipinski definition) is 0. The topological polar surface area (TPSA) is 60.9 Å². The first-order valence-electron chi connectivity index (χ1n) is 12.2. The van der Waals surface area contributed by atoms with Crippen molar-refractivity contribution in [2.75, 3.05) is 26.2 Å². The van der Waals surface area contributed by atoms with E-state index in [1.54, 1.807) is 48.5 Å². The van der Waals surface area contributed by atoms with Crippen molar-refractivity contribution in [2.24, 2.45) is 0 Å². The second-order valence-electron chi connectivity index (χ2n) is 9.18. The molecule has 0 aliphatic carbocycles. The lowest BCUT2D eigenvalue weighted by Crippen LogP contribution is -2.48. The van der Waals surface area contributed by atoms with E-state index in [2.05, 4.69) is 4.90 Å². The van der Waals surface area contributed by atoms with Crippen molar-refractivity contribution < 1.29 is 14.4 Å². The van der Waals surface area contributed by atoms with Gasteiger partial charge in [0.15, 0.2) is 0 Å². The third-order valence-electron chi connectivity index (χ3n) is 6.59. The van der Waals surface area contributed by atoms with Crippen LogP contribution in [0.3, 0.4) is 0 Å². The van der Waals surface area contributed by atoms with Crippen molar-refractivity contribution in [2.45, 2.75) is 13.1 Å². The van der Waals surface area contributed by atoms with Crippen molar-refractivity contribution in [3.63, 3.8) is 0 Å². The van der Waals surface area contributed by atoms with Gasteiger partial charge in [-0.1, -0.05) is 65.7 Å². The summed E-state index contributed by atoms with van der Waals surface area (Å²) in [6.45, 7) is 3.88. The monoisotopic (exact) mass is 565 g/mol. The molecule has 2 aliphatic rings. The molecule has 0 atom stereocenters. The van der Waals surface area contributed by atoms with E-state index in [9.17, 15) is 14.4 Å². The molecule has 3 aromatic carbocycles. The number of thioether (sulfide) groups is 1. The number of rotatable bonds is 6. The Morgan fingerprint density at radius 2 is 1.53 bits per heavy atom. The molecule has 6 nitrogen and oxygen atoms in total. The largest absolute Gasteiger partial charge is 0.336 e. The minimum absolute atomic E-state index is 0.0113. The molecule has 194 valence electrons. The molecular formula is C29H25Cl2N3O3S. The quantitative estimate of drug-likeness (QED) is 0.333. The van der Waals surface area contributed by atoms with E-state index in [0.29, 0.717) is 34.1 Å². The summed E-state index contributed by atoms with van der Waals surface area (Å²) in [4.78, 5) is 44.2. The predicted octanol–water partition coefficient (Wildman–Crippen LogP) is 6.19. The summed E-state index contributed by atoms with van der Waals surface area (Å²) in [7, 11) is 0. The third kappa shape index (κ3) is 6.13. The smallest absolute Gasteiger partial charge is 0.293 e. The van der Waals surface area contributed by atoms with E-state index in [1.165, 1.54) is 10.5 Å². The number of hydrogen-bond acceptors (Lipinski definition) is 5. The van der Waals surface area contributed by atoms with Crippen LogP contribution in [0, 0.1) is 0 Å². The van der Waals surface area contributed by atoms with Gasteiger partial charge in [-0.15, -0.1) is 0 Å². The average Bonchev–Trinajstić information content (AvgIpc) is 3.19. The van der Waals surface area contributed by atoms with Gasteiger partial charge in [-0.05, 0) is 64.9 Å². The molecule has 0 aromatic heterocycles. The van der Waals surface area contributed by atoms with E-state index in [0.717, 1.165) is 42.0 Å². The second-order valence-corrected chi connectivity index (χ2v) is 11.0. The Bertz CT molecular complexity index is 1380. The maximum Gasteiger partial charge on any atom is 0.293 e. The fraction of sp³-hybridized carbons (Fsp3) is 0.207. The van der Waals surface area contributed by atoms with Gasteiger partial charge in [0.2, 0.25) is 0 Å². The van der Waals surface area contributed by atoms with Crippen LogP contribution in [-0.2, 0) is 17.9 Å². The van der Waals surface area contributed by atoms with Crippen molar-refractivity contribution in [3.8, 4) is 0 Å². The Labute approximate surface area is 235 Å². The van der Waals surface area contributed by atoms with Gasteiger partial charge in [-0.25, -0.2) is 0 Å². The zero-order valence-corrected chi connectivity index (χ0v) is 22.8. The lowest BCUT2D eigenvalue weighted by molar-refractivity contribution is -0.123. The van der Waals surface area contributed by atoms with Crippen LogP contribution in [0.15, 0.2) is 77.7 Å². The molecule has 2 aliphatic heterocycles. The first kappa shape index (κ1) is 26.5. The fourth-order valence-electron chi connectivity index (χ4n) is 4.45. The number of benzene rings is 3. The summed E-state index contributed by atoms with van der Waals surface area (Å²) in [6.07, 6.45) is 1.68. The summed E-state index contributed by atoms with van der Waals surface area (Å²) in [5.41, 5.74) is 3.26. The summed E-state index contributed by atoms with van der Waals surface area (Å²) < 4.78 is 0. The number of halogens is 2. The standard InChI is InChI=1S/C29H25Cl2N3O3S/c30-24-11-7-21(8-12-24)18-32-13-15-33(16-14-32)27(35)22-9-5-20(6-10-22)17-26-28(36)34(29(37)38-26)19-23-3-1-2-4-25(23)31/h1-12,17H,13-16,18-19H2. The molecule has 2 heterocycles. The van der Waals surface area contributed by atoms with Gasteiger partial charge in [-0.2, -0.15) is 0 Å². The van der Waals surface area contributed by atoms with Gasteiger partial charge in [0.05, 0.1) is 11.4 Å². The Hall–Kier alpha value is -3.10. The van der Waals surface area contributed by atoms with Gasteiger partial charge in [0, 0.05) is 48.3 Å². The highest BCUT2D eigenvalue weighted by Crippen LogP contribution is 2.34. The van der Waals surface area contributed by atoms with Crippen molar-refractivity contribution in [1.82, 2.24) is 14.7 Å². The molecule has 0 N–H and O–H groups in total. The van der Waals surface area contributed by atoms with Crippen LogP contribution in [0.25, 0.3) is 6.08 Å². The number of amides is 3. The molecule has 9 heteroatoms. The van der Waals surface area contributed by atoms with E-state index in [4.69, 9.17) is 23.2 Å². The summed E-state index contributed by atoms with van der Waals surface area (Å²) in [5, 5.41) is 0.908. The highest BCUT2D eigenvalue weighted by Gasteiger charge is 2.35. The highest BCUT2D eigenvalue weighted by molar-refractivity contribution is 8.18. The molecular weight excluding hydrogens is 541 g/mol. The van der Waals surface area contributed by atoms with Crippen LogP contribution in [0.5, 0.6) is 0 Å². The molecule has 3 aromatic rings. The number of piperazine rings is 1. The van der Waals surface area contributed by atoms with Crippen LogP contribution >= 0.6 is 35.0 Å². The minimum Gasteiger partial charge on any atom is -0.336 e. The van der Waals surface area contributed by atoms with E-state index in [1.807, 2.05) is 35.2 Å². The zero-order chi connectivity index (χ0) is 26.6. The third-order valence-corrected chi connectivity index (χ3v) is 8.12.